The van der Waals surface area contributed by atoms with Crippen LogP contribution in [0.2, 0.25) is 0 Å². The van der Waals surface area contributed by atoms with Crippen molar-refractivity contribution >= 4 is 18.0 Å². The molecule has 0 bridgehead atoms. The maximum Gasteiger partial charge on any atom is 0.410 e. The second kappa shape index (κ2) is 11.3. The first kappa shape index (κ1) is 26.9. The van der Waals surface area contributed by atoms with Gasteiger partial charge in [-0.05, 0) is 39.2 Å². The van der Waals surface area contributed by atoms with E-state index in [9.17, 15) is 24.3 Å². The number of esters is 1. The maximum atomic E-state index is 13.1. The Labute approximate surface area is 209 Å². The molecule has 2 amide bonds. The van der Waals surface area contributed by atoms with Gasteiger partial charge in [0.25, 0.3) is 11.5 Å². The molecular weight excluding hydrogens is 468 g/mol. The first-order valence-corrected chi connectivity index (χ1v) is 11.7. The molecule has 1 aromatic heterocycles. The Morgan fingerprint density at radius 1 is 1.22 bits per heavy atom. The van der Waals surface area contributed by atoms with Crippen molar-refractivity contribution in [1.82, 2.24) is 19.8 Å². The number of ether oxygens (including phenoxy) is 2. The van der Waals surface area contributed by atoms with Gasteiger partial charge in [0.1, 0.15) is 12.4 Å². The number of likely N-dealkylation sites (tertiary alicyclic amines) is 1. The summed E-state index contributed by atoms with van der Waals surface area (Å²) in [5.74, 6) is -1.85. The van der Waals surface area contributed by atoms with Crippen LogP contribution in [0, 0.1) is 5.41 Å². The van der Waals surface area contributed by atoms with Crippen LogP contribution < -0.4 is 10.3 Å². The summed E-state index contributed by atoms with van der Waals surface area (Å²) in [5.41, 5.74) is -1.29. The van der Waals surface area contributed by atoms with E-state index in [2.05, 4.69) is 9.97 Å². The number of aromatic amines is 1. The predicted molar refractivity (Wildman–Crippen MR) is 129 cm³/mol. The third-order valence-electron chi connectivity index (χ3n) is 5.70. The van der Waals surface area contributed by atoms with Gasteiger partial charge in [-0.15, -0.1) is 0 Å². The van der Waals surface area contributed by atoms with Crippen LogP contribution in [0.5, 0.6) is 5.75 Å². The summed E-state index contributed by atoms with van der Waals surface area (Å²) in [5, 5.41) is 9.24. The molecule has 0 saturated carbocycles. The molecule has 194 valence electrons. The van der Waals surface area contributed by atoms with E-state index in [4.69, 9.17) is 9.47 Å². The average molecular weight is 501 g/mol. The number of hydrogen-bond acceptors (Lipinski definition) is 8. The molecule has 2 aromatic rings. The topological polar surface area (TPSA) is 142 Å². The highest BCUT2D eigenvalue weighted by Crippen LogP contribution is 2.31. The van der Waals surface area contributed by atoms with Crippen LogP contribution in [0.25, 0.3) is 0 Å². The summed E-state index contributed by atoms with van der Waals surface area (Å²) >= 11 is 0. The van der Waals surface area contributed by atoms with Crippen molar-refractivity contribution in [1.29, 1.82) is 0 Å². The van der Waals surface area contributed by atoms with E-state index < -0.39 is 40.7 Å². The molecule has 1 fully saturated rings. The molecular formula is C25H32N4O7. The molecule has 0 spiro atoms. The third kappa shape index (κ3) is 6.28. The van der Waals surface area contributed by atoms with Crippen LogP contribution in [-0.2, 0) is 16.1 Å². The van der Waals surface area contributed by atoms with E-state index in [1.54, 1.807) is 20.8 Å². The minimum Gasteiger partial charge on any atom is -0.445 e. The highest BCUT2D eigenvalue weighted by atomic mass is 16.6. The van der Waals surface area contributed by atoms with Gasteiger partial charge in [-0.2, -0.15) is 0 Å². The zero-order valence-corrected chi connectivity index (χ0v) is 20.9. The Kier molecular flexibility index (Phi) is 8.46. The number of aromatic nitrogens is 2. The minimum atomic E-state index is -0.937. The Bertz CT molecular complexity index is 1160. The normalized spacial score (nSPS) is 15.5. The van der Waals surface area contributed by atoms with E-state index in [1.165, 1.54) is 16.8 Å². The molecule has 11 heteroatoms. The molecule has 2 N–H and O–H groups in total. The highest BCUT2D eigenvalue weighted by molar-refractivity contribution is 5.95. The number of benzene rings is 1. The van der Waals surface area contributed by atoms with E-state index in [0.717, 1.165) is 5.56 Å². The molecule has 11 nitrogen and oxygen atoms in total. The molecule has 1 saturated heterocycles. The highest BCUT2D eigenvalue weighted by Gasteiger charge is 2.36. The van der Waals surface area contributed by atoms with Crippen molar-refractivity contribution in [2.45, 2.75) is 46.3 Å². The van der Waals surface area contributed by atoms with E-state index >= 15 is 0 Å². The molecule has 36 heavy (non-hydrogen) atoms. The number of H-pyrrole nitrogens is 1. The number of carbonyl (C=O) groups excluding carboxylic acids is 3. The van der Waals surface area contributed by atoms with Crippen molar-refractivity contribution in [2.75, 3.05) is 26.7 Å². The fourth-order valence-electron chi connectivity index (χ4n) is 3.63. The van der Waals surface area contributed by atoms with Gasteiger partial charge in [-0.25, -0.2) is 9.78 Å². The molecule has 0 radical (unpaired) electrons. The summed E-state index contributed by atoms with van der Waals surface area (Å²) in [7, 11) is 1.43. The van der Waals surface area contributed by atoms with Crippen LogP contribution >= 0.6 is 0 Å². The molecule has 1 aromatic carbocycles. The molecule has 1 aliphatic heterocycles. The van der Waals surface area contributed by atoms with Crippen LogP contribution in [-0.4, -0.2) is 69.6 Å². The summed E-state index contributed by atoms with van der Waals surface area (Å²) < 4.78 is 10.8. The van der Waals surface area contributed by atoms with Crippen molar-refractivity contribution < 1.29 is 29.0 Å². The standard InChI is InChI=1S/C25H32N4O7/c1-25(2,3)23(33)36-19-18(22(32)28(4)13-14-30)26-20(27-21(19)31)17-11-8-12-29(17)24(34)35-15-16-9-6-5-7-10-16/h5-7,9-10,17,30H,8,11-15H2,1-4H3,(H,26,27,31). The predicted octanol–water partition coefficient (Wildman–Crippen LogP) is 2.26. The largest absolute Gasteiger partial charge is 0.445 e. The Morgan fingerprint density at radius 3 is 2.56 bits per heavy atom. The van der Waals surface area contributed by atoms with Gasteiger partial charge in [-0.1, -0.05) is 30.3 Å². The fourth-order valence-corrected chi connectivity index (χ4v) is 3.63. The average Bonchev–Trinajstić information content (AvgIpc) is 3.33. The number of aliphatic hydroxyl groups excluding tert-OH is 1. The number of aliphatic hydroxyl groups is 1. The number of nitrogens with zero attached hydrogens (tertiary/aromatic N) is 3. The van der Waals surface area contributed by atoms with Gasteiger partial charge in [-0.3, -0.25) is 19.3 Å². The van der Waals surface area contributed by atoms with Crippen molar-refractivity contribution in [3.8, 4) is 5.75 Å². The van der Waals surface area contributed by atoms with Crippen molar-refractivity contribution in [3.05, 3.63) is 57.8 Å². The molecule has 1 aliphatic rings. The quantitative estimate of drug-likeness (QED) is 0.552. The first-order valence-electron chi connectivity index (χ1n) is 11.7. The Hall–Kier alpha value is -3.73. The molecule has 1 unspecified atom stereocenters. The Morgan fingerprint density at radius 2 is 1.92 bits per heavy atom. The van der Waals surface area contributed by atoms with Gasteiger partial charge >= 0.3 is 12.1 Å². The second-order valence-corrected chi connectivity index (χ2v) is 9.61. The van der Waals surface area contributed by atoms with Crippen LogP contribution in [0.15, 0.2) is 35.1 Å². The smallest absolute Gasteiger partial charge is 0.410 e. The lowest BCUT2D eigenvalue weighted by Crippen LogP contribution is -2.37. The monoisotopic (exact) mass is 500 g/mol. The van der Waals surface area contributed by atoms with Crippen LogP contribution in [0.3, 0.4) is 0 Å². The lowest BCUT2D eigenvalue weighted by atomic mass is 9.97. The summed E-state index contributed by atoms with van der Waals surface area (Å²) in [4.78, 5) is 61.0. The van der Waals surface area contributed by atoms with Crippen LogP contribution in [0.4, 0.5) is 4.79 Å². The minimum absolute atomic E-state index is 0.0172. The SMILES string of the molecule is CN(CCO)C(=O)c1nc(C2CCCN2C(=O)OCc2ccccc2)[nH]c(=O)c1OC(=O)C(C)(C)C. The van der Waals surface area contributed by atoms with Gasteiger partial charge in [0, 0.05) is 20.1 Å². The fraction of sp³-hybridized carbons (Fsp3) is 0.480. The number of nitrogens with one attached hydrogen (secondary N) is 1. The molecule has 1 atom stereocenters. The maximum absolute atomic E-state index is 13.1. The second-order valence-electron chi connectivity index (χ2n) is 9.61. The molecule has 0 aliphatic carbocycles. The molecule has 3 rings (SSSR count). The number of rotatable bonds is 7. The zero-order chi connectivity index (χ0) is 26.5. The number of likely N-dealkylation sites (N-methyl/N-ethyl adjacent to an activating group) is 1. The summed E-state index contributed by atoms with van der Waals surface area (Å²) in [6.45, 7) is 4.99. The summed E-state index contributed by atoms with van der Waals surface area (Å²) in [6, 6.07) is 8.60. The zero-order valence-electron chi connectivity index (χ0n) is 20.9. The van der Waals surface area contributed by atoms with Crippen molar-refractivity contribution in [2.24, 2.45) is 5.41 Å². The van der Waals surface area contributed by atoms with Crippen LogP contribution in [0.1, 0.15) is 61.5 Å². The third-order valence-corrected chi connectivity index (χ3v) is 5.70. The number of hydrogen-bond donors (Lipinski definition) is 2. The van der Waals surface area contributed by atoms with E-state index in [-0.39, 0.29) is 31.3 Å². The number of carbonyl (C=O) groups is 3. The Balaban J connectivity index is 1.92. The summed E-state index contributed by atoms with van der Waals surface area (Å²) in [6.07, 6.45) is 0.561. The molecule has 2 heterocycles. The van der Waals surface area contributed by atoms with E-state index in [0.29, 0.717) is 19.4 Å². The lowest BCUT2D eigenvalue weighted by Gasteiger charge is -2.25. The number of amides is 2. The lowest BCUT2D eigenvalue weighted by molar-refractivity contribution is -0.143. The van der Waals surface area contributed by atoms with Crippen molar-refractivity contribution in [3.63, 3.8) is 0 Å². The first-order chi connectivity index (χ1) is 17.0. The van der Waals surface area contributed by atoms with Gasteiger partial charge < -0.3 is 24.5 Å². The van der Waals surface area contributed by atoms with E-state index in [1.807, 2.05) is 30.3 Å². The van der Waals surface area contributed by atoms with Gasteiger partial charge in [0.15, 0.2) is 5.69 Å². The van der Waals surface area contributed by atoms with Gasteiger partial charge in [0.05, 0.1) is 18.1 Å². The van der Waals surface area contributed by atoms with Gasteiger partial charge in [0.2, 0.25) is 5.75 Å².